The number of pyridine rings is 1. The number of hydrogen-bond donors (Lipinski definition) is 2. The summed E-state index contributed by atoms with van der Waals surface area (Å²) >= 11 is 0. The smallest absolute Gasteiger partial charge is 0.309 e. The summed E-state index contributed by atoms with van der Waals surface area (Å²) in [5.41, 5.74) is 1.08. The van der Waals surface area contributed by atoms with Crippen LogP contribution >= 0.6 is 0 Å². The van der Waals surface area contributed by atoms with E-state index in [2.05, 4.69) is 17.1 Å². The van der Waals surface area contributed by atoms with E-state index in [1.54, 1.807) is 0 Å². The number of aromatic nitrogens is 1. The number of amides is 1. The Labute approximate surface area is 185 Å². The molecule has 4 rings (SSSR count). The maximum Gasteiger partial charge on any atom is 0.309 e. The number of carbonyl (C=O) groups is 2. The number of piperidine rings is 1. The topological polar surface area (TPSA) is 82.5 Å². The van der Waals surface area contributed by atoms with Crippen LogP contribution in [0.3, 0.4) is 0 Å². The molecule has 1 unspecified atom stereocenters. The van der Waals surface area contributed by atoms with Gasteiger partial charge in [0.15, 0.2) is 0 Å². The third-order valence-corrected chi connectivity index (χ3v) is 7.65. The van der Waals surface area contributed by atoms with Gasteiger partial charge in [0.2, 0.25) is 0 Å². The number of aryl methyl sites for hydroxylation is 1. The van der Waals surface area contributed by atoms with E-state index in [1.165, 1.54) is 19.3 Å². The Morgan fingerprint density at radius 1 is 1.16 bits per heavy atom. The molecule has 3 fully saturated rings. The van der Waals surface area contributed by atoms with Crippen LogP contribution in [-0.4, -0.2) is 41.1 Å². The molecule has 2 aliphatic carbocycles. The summed E-state index contributed by atoms with van der Waals surface area (Å²) in [6, 6.07) is 4.20. The number of nitrogens with zero attached hydrogens (tertiary/aromatic N) is 2. The fourth-order valence-corrected chi connectivity index (χ4v) is 5.49. The number of nitrogens with one attached hydrogen (secondary N) is 1. The van der Waals surface area contributed by atoms with Crippen molar-refractivity contribution in [1.29, 1.82) is 0 Å². The minimum atomic E-state index is -0.634. The lowest BCUT2D eigenvalue weighted by Crippen LogP contribution is -2.42. The van der Waals surface area contributed by atoms with Crippen LogP contribution in [0.2, 0.25) is 0 Å². The fraction of sp³-hybridized carbons (Fsp3) is 0.720. The van der Waals surface area contributed by atoms with Crippen LogP contribution in [0, 0.1) is 11.3 Å². The maximum atomic E-state index is 13.0. The van der Waals surface area contributed by atoms with Crippen molar-refractivity contribution in [3.8, 4) is 0 Å². The number of unbranched alkanes of at least 4 members (excludes halogenated alkanes) is 1. The van der Waals surface area contributed by atoms with Gasteiger partial charge in [-0.1, -0.05) is 32.6 Å². The van der Waals surface area contributed by atoms with Gasteiger partial charge in [0.05, 0.1) is 16.7 Å². The first-order chi connectivity index (χ1) is 15.0. The van der Waals surface area contributed by atoms with Crippen LogP contribution in [0.1, 0.15) is 93.6 Å². The molecule has 1 aliphatic heterocycles. The molecule has 2 saturated carbocycles. The lowest BCUT2D eigenvalue weighted by atomic mass is 9.82. The monoisotopic (exact) mass is 427 g/mol. The predicted molar refractivity (Wildman–Crippen MR) is 121 cm³/mol. The summed E-state index contributed by atoms with van der Waals surface area (Å²) in [5, 5.41) is 12.9. The zero-order valence-corrected chi connectivity index (χ0v) is 18.9. The molecular formula is C25H37N3O3. The SMILES string of the molecule is CCCCc1nc(N2CCCC(C3(C(=O)O)CC3)C2)ccc1C(=O)NC1CCCCC1. The molecule has 1 atom stereocenters. The second kappa shape index (κ2) is 9.58. The van der Waals surface area contributed by atoms with Crippen molar-refractivity contribution in [1.82, 2.24) is 10.3 Å². The van der Waals surface area contributed by atoms with Gasteiger partial charge in [-0.25, -0.2) is 4.98 Å². The lowest BCUT2D eigenvalue weighted by Gasteiger charge is -2.36. The zero-order valence-electron chi connectivity index (χ0n) is 18.9. The van der Waals surface area contributed by atoms with Crippen molar-refractivity contribution in [3.63, 3.8) is 0 Å². The van der Waals surface area contributed by atoms with Crippen LogP contribution in [0.15, 0.2) is 12.1 Å². The highest BCUT2D eigenvalue weighted by atomic mass is 16.4. The number of hydrogen-bond acceptors (Lipinski definition) is 4. The zero-order chi connectivity index (χ0) is 21.8. The van der Waals surface area contributed by atoms with Gasteiger partial charge in [-0.3, -0.25) is 9.59 Å². The van der Waals surface area contributed by atoms with Gasteiger partial charge in [-0.05, 0) is 69.4 Å². The summed E-state index contributed by atoms with van der Waals surface area (Å²) in [4.78, 5) is 32.0. The van der Waals surface area contributed by atoms with E-state index in [0.29, 0.717) is 5.56 Å². The molecule has 6 heteroatoms. The van der Waals surface area contributed by atoms with E-state index in [1.807, 2.05) is 12.1 Å². The fourth-order valence-electron chi connectivity index (χ4n) is 5.49. The first kappa shape index (κ1) is 22.1. The first-order valence-electron chi connectivity index (χ1n) is 12.3. The van der Waals surface area contributed by atoms with Crippen LogP contribution in [-0.2, 0) is 11.2 Å². The number of carbonyl (C=O) groups excluding carboxylic acids is 1. The molecule has 2 N–H and O–H groups in total. The second-order valence-electron chi connectivity index (χ2n) is 9.82. The molecule has 1 aromatic rings. The van der Waals surface area contributed by atoms with Crippen molar-refractivity contribution in [2.75, 3.05) is 18.0 Å². The van der Waals surface area contributed by atoms with Crippen molar-refractivity contribution >= 4 is 17.7 Å². The van der Waals surface area contributed by atoms with Crippen LogP contribution in [0.4, 0.5) is 5.82 Å². The summed E-state index contributed by atoms with van der Waals surface area (Å²) in [6.45, 7) is 3.81. The highest BCUT2D eigenvalue weighted by Crippen LogP contribution is 2.54. The molecule has 1 saturated heterocycles. The quantitative estimate of drug-likeness (QED) is 0.635. The van der Waals surface area contributed by atoms with Crippen LogP contribution in [0.25, 0.3) is 0 Å². The second-order valence-corrected chi connectivity index (χ2v) is 9.82. The molecule has 170 valence electrons. The Hall–Kier alpha value is -2.11. The molecule has 0 spiro atoms. The average molecular weight is 428 g/mol. The Bertz CT molecular complexity index is 799. The van der Waals surface area contributed by atoms with E-state index in [-0.39, 0.29) is 17.9 Å². The molecular weight excluding hydrogens is 390 g/mol. The number of rotatable bonds is 8. The van der Waals surface area contributed by atoms with Gasteiger partial charge in [-0.2, -0.15) is 0 Å². The van der Waals surface area contributed by atoms with Gasteiger partial charge in [-0.15, -0.1) is 0 Å². The van der Waals surface area contributed by atoms with Gasteiger partial charge < -0.3 is 15.3 Å². The first-order valence-corrected chi connectivity index (χ1v) is 12.3. The molecule has 0 radical (unpaired) electrons. The van der Waals surface area contributed by atoms with Gasteiger partial charge in [0.1, 0.15) is 5.82 Å². The highest BCUT2D eigenvalue weighted by molar-refractivity contribution is 5.95. The Kier molecular flexibility index (Phi) is 6.83. The number of carboxylic acids is 1. The number of carboxylic acid groups (broad SMARTS) is 1. The predicted octanol–water partition coefficient (Wildman–Crippen LogP) is 4.57. The van der Waals surface area contributed by atoms with Crippen molar-refractivity contribution in [3.05, 3.63) is 23.4 Å². The summed E-state index contributed by atoms with van der Waals surface area (Å²) in [6.07, 6.45) is 12.2. The van der Waals surface area contributed by atoms with Crippen molar-refractivity contribution in [2.45, 2.75) is 90.0 Å². The van der Waals surface area contributed by atoms with Gasteiger partial charge >= 0.3 is 5.97 Å². The minimum absolute atomic E-state index is 0.0105. The van der Waals surface area contributed by atoms with E-state index < -0.39 is 11.4 Å². The molecule has 0 bridgehead atoms. The summed E-state index contributed by atoms with van der Waals surface area (Å²) in [7, 11) is 0. The van der Waals surface area contributed by atoms with Crippen LogP contribution in [0.5, 0.6) is 0 Å². The minimum Gasteiger partial charge on any atom is -0.481 e. The standard InChI is InChI=1S/C25H37N3O3/c1-2-3-11-21-20(23(29)26-19-9-5-4-6-10-19)12-13-22(27-21)28-16-7-8-18(17-28)25(14-15-25)24(30)31/h12-13,18-19H,2-11,14-17H2,1H3,(H,26,29)(H,30,31). The number of anilines is 1. The average Bonchev–Trinajstić information content (AvgIpc) is 3.61. The van der Waals surface area contributed by atoms with Crippen molar-refractivity contribution in [2.24, 2.45) is 11.3 Å². The van der Waals surface area contributed by atoms with E-state index in [4.69, 9.17) is 4.98 Å². The molecule has 1 aromatic heterocycles. The molecule has 1 amide bonds. The molecule has 31 heavy (non-hydrogen) atoms. The van der Waals surface area contributed by atoms with E-state index in [9.17, 15) is 14.7 Å². The van der Waals surface area contributed by atoms with Crippen LogP contribution < -0.4 is 10.2 Å². The van der Waals surface area contributed by atoms with Gasteiger partial charge in [0.25, 0.3) is 5.91 Å². The Morgan fingerprint density at radius 2 is 1.94 bits per heavy atom. The third-order valence-electron chi connectivity index (χ3n) is 7.65. The summed E-state index contributed by atoms with van der Waals surface area (Å²) < 4.78 is 0. The number of aliphatic carboxylic acids is 1. The van der Waals surface area contributed by atoms with Crippen molar-refractivity contribution < 1.29 is 14.7 Å². The molecule has 2 heterocycles. The largest absolute Gasteiger partial charge is 0.481 e. The normalized spacial score (nSPS) is 23.4. The van der Waals surface area contributed by atoms with Gasteiger partial charge in [0, 0.05) is 19.1 Å². The third kappa shape index (κ3) is 4.88. The maximum absolute atomic E-state index is 13.0. The molecule has 0 aromatic carbocycles. The summed E-state index contributed by atoms with van der Waals surface area (Å²) in [5.74, 6) is 0.460. The van der Waals surface area contributed by atoms with E-state index >= 15 is 0 Å². The Balaban J connectivity index is 1.50. The molecule has 6 nitrogen and oxygen atoms in total. The molecule has 3 aliphatic rings. The Morgan fingerprint density at radius 3 is 2.61 bits per heavy atom. The van der Waals surface area contributed by atoms with E-state index in [0.717, 1.165) is 82.4 Å². The lowest BCUT2D eigenvalue weighted by molar-refractivity contribution is -0.145. The highest BCUT2D eigenvalue weighted by Gasteiger charge is 2.56.